The molecule has 80 valence electrons. The number of aromatic nitrogens is 2. The fraction of sp³-hybridized carbons (Fsp3) is 0.222. The Balaban J connectivity index is 2.76. The predicted molar refractivity (Wildman–Crippen MR) is 62.8 cm³/mol. The van der Waals surface area contributed by atoms with Crippen LogP contribution in [0.15, 0.2) is 16.6 Å². The van der Waals surface area contributed by atoms with Gasteiger partial charge in [0.05, 0.1) is 22.6 Å². The zero-order chi connectivity index (χ0) is 11.0. The maximum atomic E-state index is 12.7. The standard InChI is InChI=1S/C9H8BrFN2OS/c1-5-12-7-3-6(10)9(14-2)4-8(7)13(5)15-11/h3-4H,1-2H3. The van der Waals surface area contributed by atoms with Crippen molar-refractivity contribution in [1.82, 2.24) is 8.96 Å². The first-order chi connectivity index (χ1) is 7.17. The Labute approximate surface area is 99.2 Å². The molecular formula is C9H8BrFN2OS. The number of hydrogen-bond donors (Lipinski definition) is 0. The maximum absolute atomic E-state index is 12.7. The quantitative estimate of drug-likeness (QED) is 0.847. The molecule has 0 atom stereocenters. The summed E-state index contributed by atoms with van der Waals surface area (Å²) in [4.78, 5) is 4.24. The second-order valence-electron chi connectivity index (χ2n) is 3.00. The van der Waals surface area contributed by atoms with E-state index in [0.29, 0.717) is 17.1 Å². The van der Waals surface area contributed by atoms with Crippen LogP contribution in [0.5, 0.6) is 5.75 Å². The molecule has 0 spiro atoms. The molecule has 0 unspecified atom stereocenters. The molecule has 0 saturated heterocycles. The average Bonchev–Trinajstić information content (AvgIpc) is 2.51. The monoisotopic (exact) mass is 290 g/mol. The molecular weight excluding hydrogens is 283 g/mol. The van der Waals surface area contributed by atoms with Gasteiger partial charge < -0.3 is 4.74 Å². The van der Waals surface area contributed by atoms with Gasteiger partial charge in [0.15, 0.2) is 12.3 Å². The first-order valence-electron chi connectivity index (χ1n) is 4.19. The number of benzene rings is 1. The molecule has 0 N–H and O–H groups in total. The Kier molecular flexibility index (Phi) is 2.88. The van der Waals surface area contributed by atoms with Gasteiger partial charge in [-0.1, -0.05) is 0 Å². The van der Waals surface area contributed by atoms with Crippen molar-refractivity contribution in [3.63, 3.8) is 0 Å². The van der Waals surface area contributed by atoms with Gasteiger partial charge in [-0.05, 0) is 28.9 Å². The maximum Gasteiger partial charge on any atom is 0.171 e. The van der Waals surface area contributed by atoms with Crippen molar-refractivity contribution in [2.45, 2.75) is 6.92 Å². The summed E-state index contributed by atoms with van der Waals surface area (Å²) in [5.41, 5.74) is 1.45. The lowest BCUT2D eigenvalue weighted by molar-refractivity contribution is 0.412. The second-order valence-corrected chi connectivity index (χ2v) is 4.36. The normalized spacial score (nSPS) is 10.9. The van der Waals surface area contributed by atoms with E-state index >= 15 is 0 Å². The lowest BCUT2D eigenvalue weighted by Gasteiger charge is -2.03. The molecule has 2 aromatic rings. The molecule has 2 rings (SSSR count). The van der Waals surface area contributed by atoms with Crippen LogP contribution in [0.2, 0.25) is 0 Å². The van der Waals surface area contributed by atoms with Crippen LogP contribution in [0.3, 0.4) is 0 Å². The van der Waals surface area contributed by atoms with Gasteiger partial charge in [-0.3, -0.25) is 0 Å². The van der Waals surface area contributed by atoms with E-state index in [1.807, 2.05) is 6.07 Å². The van der Waals surface area contributed by atoms with Gasteiger partial charge in [-0.25, -0.2) is 8.96 Å². The van der Waals surface area contributed by atoms with Gasteiger partial charge in [-0.15, -0.1) is 3.89 Å². The highest BCUT2D eigenvalue weighted by atomic mass is 79.9. The van der Waals surface area contributed by atoms with E-state index in [0.717, 1.165) is 9.99 Å². The SMILES string of the molecule is COc1cc2c(cc1Br)nc(C)n2SF. The predicted octanol–water partition coefficient (Wildman–Crippen LogP) is 3.50. The molecule has 1 aromatic carbocycles. The van der Waals surface area contributed by atoms with Gasteiger partial charge in [0.2, 0.25) is 0 Å². The largest absolute Gasteiger partial charge is 0.495 e. The number of hydrogen-bond acceptors (Lipinski definition) is 3. The Bertz CT molecular complexity index is 514. The van der Waals surface area contributed by atoms with Gasteiger partial charge in [0.1, 0.15) is 11.6 Å². The molecule has 6 heteroatoms. The van der Waals surface area contributed by atoms with Crippen molar-refractivity contribution in [2.75, 3.05) is 7.11 Å². The van der Waals surface area contributed by atoms with Crippen LogP contribution in [-0.4, -0.2) is 16.1 Å². The number of imidazole rings is 1. The van der Waals surface area contributed by atoms with Crippen LogP contribution in [-0.2, 0) is 0 Å². The third-order valence-electron chi connectivity index (χ3n) is 2.11. The van der Waals surface area contributed by atoms with Crippen molar-refractivity contribution >= 4 is 39.3 Å². The smallest absolute Gasteiger partial charge is 0.171 e. The molecule has 0 aliphatic carbocycles. The van der Waals surface area contributed by atoms with Gasteiger partial charge in [0, 0.05) is 6.07 Å². The number of halogens is 2. The molecule has 0 fully saturated rings. The molecule has 0 amide bonds. The number of nitrogens with zero attached hydrogens (tertiary/aromatic N) is 2. The Hall–Kier alpha value is -0.750. The molecule has 0 radical (unpaired) electrons. The van der Waals surface area contributed by atoms with Crippen molar-refractivity contribution in [3.05, 3.63) is 22.4 Å². The van der Waals surface area contributed by atoms with Crippen LogP contribution in [0.25, 0.3) is 11.0 Å². The molecule has 0 aliphatic heterocycles. The Morgan fingerprint density at radius 2 is 2.27 bits per heavy atom. The third kappa shape index (κ3) is 1.72. The van der Waals surface area contributed by atoms with E-state index in [4.69, 9.17) is 4.74 Å². The fourth-order valence-electron chi connectivity index (χ4n) is 1.42. The highest BCUT2D eigenvalue weighted by Gasteiger charge is 2.11. The Morgan fingerprint density at radius 3 is 2.87 bits per heavy atom. The van der Waals surface area contributed by atoms with Crippen molar-refractivity contribution < 1.29 is 8.62 Å². The molecule has 0 saturated carbocycles. The molecule has 15 heavy (non-hydrogen) atoms. The van der Waals surface area contributed by atoms with Crippen LogP contribution in [0.4, 0.5) is 3.89 Å². The van der Waals surface area contributed by atoms with Crippen molar-refractivity contribution in [3.8, 4) is 5.75 Å². The van der Waals surface area contributed by atoms with E-state index in [1.54, 1.807) is 20.1 Å². The van der Waals surface area contributed by atoms with Gasteiger partial charge in [0.25, 0.3) is 0 Å². The molecule has 0 aliphatic rings. The fourth-order valence-corrected chi connectivity index (χ4v) is 2.28. The highest BCUT2D eigenvalue weighted by molar-refractivity contribution is 9.10. The lowest BCUT2D eigenvalue weighted by Crippen LogP contribution is -1.88. The average molecular weight is 291 g/mol. The molecule has 1 aromatic heterocycles. The summed E-state index contributed by atoms with van der Waals surface area (Å²) >= 11 is 3.50. The van der Waals surface area contributed by atoms with Crippen molar-refractivity contribution in [1.29, 1.82) is 0 Å². The summed E-state index contributed by atoms with van der Waals surface area (Å²) < 4.78 is 20.0. The van der Waals surface area contributed by atoms with E-state index in [1.165, 1.54) is 3.97 Å². The number of methoxy groups -OCH3 is 1. The summed E-state index contributed by atoms with van der Waals surface area (Å²) in [6.07, 6.45) is 0. The number of ether oxygens (including phenoxy) is 1. The summed E-state index contributed by atoms with van der Waals surface area (Å²) in [5.74, 6) is 1.29. The molecule has 3 nitrogen and oxygen atoms in total. The third-order valence-corrected chi connectivity index (χ3v) is 3.33. The Morgan fingerprint density at radius 1 is 1.53 bits per heavy atom. The minimum absolute atomic E-state index is 0.140. The van der Waals surface area contributed by atoms with Crippen LogP contribution >= 0.6 is 28.3 Å². The number of fused-ring (bicyclic) bond motifs is 1. The highest BCUT2D eigenvalue weighted by Crippen LogP contribution is 2.32. The summed E-state index contributed by atoms with van der Waals surface area (Å²) in [7, 11) is 1.57. The second kappa shape index (κ2) is 4.02. The minimum atomic E-state index is 0.140. The molecule has 1 heterocycles. The van der Waals surface area contributed by atoms with Gasteiger partial charge >= 0.3 is 0 Å². The van der Waals surface area contributed by atoms with E-state index in [2.05, 4.69) is 20.9 Å². The van der Waals surface area contributed by atoms with Crippen LogP contribution in [0.1, 0.15) is 5.82 Å². The van der Waals surface area contributed by atoms with Crippen molar-refractivity contribution in [2.24, 2.45) is 0 Å². The first-order valence-corrected chi connectivity index (χ1v) is 5.65. The molecule has 0 bridgehead atoms. The van der Waals surface area contributed by atoms with E-state index in [9.17, 15) is 3.89 Å². The van der Waals surface area contributed by atoms with E-state index < -0.39 is 0 Å². The summed E-state index contributed by atoms with van der Waals surface area (Å²) in [5, 5.41) is 0. The number of rotatable bonds is 2. The topological polar surface area (TPSA) is 27.1 Å². The lowest BCUT2D eigenvalue weighted by atomic mass is 10.3. The first kappa shape index (κ1) is 10.8. The van der Waals surface area contributed by atoms with Crippen LogP contribution in [0, 0.1) is 6.92 Å². The number of aryl methyl sites for hydroxylation is 1. The zero-order valence-corrected chi connectivity index (χ0v) is 10.5. The van der Waals surface area contributed by atoms with E-state index in [-0.39, 0.29) is 12.3 Å². The zero-order valence-electron chi connectivity index (χ0n) is 8.12. The minimum Gasteiger partial charge on any atom is -0.495 e. The van der Waals surface area contributed by atoms with Crippen LogP contribution < -0.4 is 4.74 Å². The summed E-state index contributed by atoms with van der Waals surface area (Å²) in [6, 6.07) is 3.57. The summed E-state index contributed by atoms with van der Waals surface area (Å²) in [6.45, 7) is 1.76. The van der Waals surface area contributed by atoms with Gasteiger partial charge in [-0.2, -0.15) is 0 Å².